The number of nitrogens with zero attached hydrogens (tertiary/aromatic N) is 2. The van der Waals surface area contributed by atoms with E-state index in [1.165, 1.54) is 11.1 Å². The first kappa shape index (κ1) is 17.9. The summed E-state index contributed by atoms with van der Waals surface area (Å²) < 4.78 is 0. The zero-order valence-electron chi connectivity index (χ0n) is 15.1. The Kier molecular flexibility index (Phi) is 5.32. The van der Waals surface area contributed by atoms with Gasteiger partial charge >= 0.3 is 0 Å². The third kappa shape index (κ3) is 4.10. The maximum absolute atomic E-state index is 12.9. The van der Waals surface area contributed by atoms with Gasteiger partial charge < -0.3 is 10.6 Å². The Morgan fingerprint density at radius 2 is 1.74 bits per heavy atom. The van der Waals surface area contributed by atoms with Crippen LogP contribution < -0.4 is 5.73 Å². The van der Waals surface area contributed by atoms with E-state index < -0.39 is 0 Å². The lowest BCUT2D eigenvalue weighted by Crippen LogP contribution is -2.32. The molecular weight excluding hydrogens is 354 g/mol. The van der Waals surface area contributed by atoms with Crippen molar-refractivity contribution in [3.05, 3.63) is 87.9 Å². The number of hydrogen-bond acceptors (Lipinski definition) is 4. The van der Waals surface area contributed by atoms with Crippen molar-refractivity contribution >= 4 is 17.2 Å². The molecule has 0 radical (unpaired) electrons. The Morgan fingerprint density at radius 1 is 1.04 bits per heavy atom. The van der Waals surface area contributed by atoms with Crippen LogP contribution in [-0.4, -0.2) is 34.9 Å². The molecule has 0 bridgehead atoms. The Morgan fingerprint density at radius 3 is 2.48 bits per heavy atom. The van der Waals surface area contributed by atoms with Gasteiger partial charge in [0, 0.05) is 36.9 Å². The average molecular weight is 378 g/mol. The quantitative estimate of drug-likeness (QED) is 0.740. The fraction of sp³-hybridized carbons (Fsp3) is 0.273. The molecule has 138 valence electrons. The normalized spacial score (nSPS) is 19.4. The molecule has 0 unspecified atom stereocenters. The molecule has 4 rings (SSSR count). The lowest BCUT2D eigenvalue weighted by atomic mass is 9.95. The van der Waals surface area contributed by atoms with Gasteiger partial charge in [-0.25, -0.2) is 4.98 Å². The third-order valence-electron chi connectivity index (χ3n) is 5.12. The van der Waals surface area contributed by atoms with Crippen LogP contribution >= 0.6 is 11.3 Å². The second kappa shape index (κ2) is 8.03. The second-order valence-corrected chi connectivity index (χ2v) is 7.95. The van der Waals surface area contributed by atoms with Crippen molar-refractivity contribution in [3.8, 4) is 0 Å². The van der Waals surface area contributed by atoms with E-state index >= 15 is 0 Å². The molecule has 5 heteroatoms. The molecule has 2 atom stereocenters. The van der Waals surface area contributed by atoms with Crippen LogP contribution in [0.3, 0.4) is 0 Å². The third-order valence-corrected chi connectivity index (χ3v) is 6.03. The number of rotatable bonds is 5. The standard InChI is InChI=1S/C22H23N3OS/c23-19-14-25(13-18(19)17-9-5-2-6-10-17)22(26)20-15-27-21(24-20)12-11-16-7-3-1-4-8-16/h1-10,15,18-19H,11-14,23H2/t18-,19+/m0/s1. The summed E-state index contributed by atoms with van der Waals surface area (Å²) in [6, 6.07) is 20.5. The van der Waals surface area contributed by atoms with Crippen LogP contribution in [0, 0.1) is 0 Å². The van der Waals surface area contributed by atoms with Gasteiger partial charge in [0.2, 0.25) is 0 Å². The van der Waals surface area contributed by atoms with Gasteiger partial charge in [-0.05, 0) is 17.5 Å². The highest BCUT2D eigenvalue weighted by molar-refractivity contribution is 7.09. The van der Waals surface area contributed by atoms with Crippen molar-refractivity contribution < 1.29 is 4.79 Å². The topological polar surface area (TPSA) is 59.2 Å². The molecule has 1 aliphatic heterocycles. The number of amides is 1. The van der Waals surface area contributed by atoms with Gasteiger partial charge in [0.15, 0.2) is 0 Å². The Bertz CT molecular complexity index is 894. The first-order valence-electron chi connectivity index (χ1n) is 9.29. The Labute approximate surface area is 163 Å². The van der Waals surface area contributed by atoms with Gasteiger partial charge in [0.05, 0.1) is 5.01 Å². The van der Waals surface area contributed by atoms with Crippen molar-refractivity contribution in [3.63, 3.8) is 0 Å². The highest BCUT2D eigenvalue weighted by atomic mass is 32.1. The highest BCUT2D eigenvalue weighted by Gasteiger charge is 2.34. The molecule has 1 amide bonds. The number of aromatic nitrogens is 1. The molecule has 0 spiro atoms. The number of likely N-dealkylation sites (tertiary alicyclic amines) is 1. The van der Waals surface area contributed by atoms with E-state index in [4.69, 9.17) is 5.73 Å². The first-order valence-corrected chi connectivity index (χ1v) is 10.2. The summed E-state index contributed by atoms with van der Waals surface area (Å²) in [6.45, 7) is 1.23. The van der Waals surface area contributed by atoms with E-state index in [1.807, 2.05) is 46.7 Å². The summed E-state index contributed by atoms with van der Waals surface area (Å²) >= 11 is 1.56. The number of thiazole rings is 1. The van der Waals surface area contributed by atoms with Crippen LogP contribution in [0.1, 0.15) is 32.5 Å². The van der Waals surface area contributed by atoms with Crippen molar-refractivity contribution in [1.82, 2.24) is 9.88 Å². The van der Waals surface area contributed by atoms with Crippen LogP contribution in [0.2, 0.25) is 0 Å². The summed E-state index contributed by atoms with van der Waals surface area (Å²) in [5, 5.41) is 2.88. The lowest BCUT2D eigenvalue weighted by Gasteiger charge is -2.15. The van der Waals surface area contributed by atoms with Crippen LogP contribution in [-0.2, 0) is 12.8 Å². The molecule has 2 heterocycles. The molecular formula is C22H23N3OS. The van der Waals surface area contributed by atoms with Gasteiger partial charge in [0.25, 0.3) is 5.91 Å². The maximum atomic E-state index is 12.9. The lowest BCUT2D eigenvalue weighted by molar-refractivity contribution is 0.0784. The number of hydrogen-bond donors (Lipinski definition) is 1. The van der Waals surface area contributed by atoms with E-state index in [1.54, 1.807) is 11.3 Å². The average Bonchev–Trinajstić information content (AvgIpc) is 3.34. The number of carbonyl (C=O) groups is 1. The van der Waals surface area contributed by atoms with Gasteiger partial charge in [-0.3, -0.25) is 4.79 Å². The smallest absolute Gasteiger partial charge is 0.273 e. The molecule has 2 aromatic carbocycles. The predicted molar refractivity (Wildman–Crippen MR) is 109 cm³/mol. The monoisotopic (exact) mass is 377 g/mol. The molecule has 0 aliphatic carbocycles. The Balaban J connectivity index is 1.39. The molecule has 1 fully saturated rings. The largest absolute Gasteiger partial charge is 0.335 e. The fourth-order valence-electron chi connectivity index (χ4n) is 3.63. The number of carbonyl (C=O) groups excluding carboxylic acids is 1. The zero-order valence-corrected chi connectivity index (χ0v) is 15.9. The summed E-state index contributed by atoms with van der Waals surface area (Å²) in [4.78, 5) is 19.3. The van der Waals surface area contributed by atoms with E-state index in [0.29, 0.717) is 18.8 Å². The second-order valence-electron chi connectivity index (χ2n) is 7.00. The summed E-state index contributed by atoms with van der Waals surface area (Å²) in [7, 11) is 0. The number of aryl methyl sites for hydroxylation is 2. The fourth-order valence-corrected chi connectivity index (χ4v) is 4.40. The van der Waals surface area contributed by atoms with Crippen LogP contribution in [0.25, 0.3) is 0 Å². The maximum Gasteiger partial charge on any atom is 0.273 e. The van der Waals surface area contributed by atoms with E-state index in [0.717, 1.165) is 17.8 Å². The minimum atomic E-state index is -0.0347. The van der Waals surface area contributed by atoms with E-state index in [9.17, 15) is 4.79 Å². The minimum absolute atomic E-state index is 0.00825. The predicted octanol–water partition coefficient (Wildman–Crippen LogP) is 3.50. The van der Waals surface area contributed by atoms with Gasteiger partial charge in [-0.2, -0.15) is 0 Å². The summed E-state index contributed by atoms with van der Waals surface area (Å²) in [5.74, 6) is 0.178. The molecule has 4 nitrogen and oxygen atoms in total. The van der Waals surface area contributed by atoms with Crippen molar-refractivity contribution in [1.29, 1.82) is 0 Å². The van der Waals surface area contributed by atoms with Gasteiger partial charge in [0.1, 0.15) is 5.69 Å². The number of benzene rings is 2. The summed E-state index contributed by atoms with van der Waals surface area (Å²) in [5.41, 5.74) is 9.35. The van der Waals surface area contributed by atoms with Crippen LogP contribution in [0.4, 0.5) is 0 Å². The van der Waals surface area contributed by atoms with Crippen molar-refractivity contribution in [2.45, 2.75) is 24.8 Å². The molecule has 1 aromatic heterocycles. The first-order chi connectivity index (χ1) is 13.2. The minimum Gasteiger partial charge on any atom is -0.335 e. The van der Waals surface area contributed by atoms with E-state index in [2.05, 4.69) is 29.2 Å². The van der Waals surface area contributed by atoms with Crippen LogP contribution in [0.15, 0.2) is 66.0 Å². The molecule has 2 N–H and O–H groups in total. The summed E-state index contributed by atoms with van der Waals surface area (Å²) in [6.07, 6.45) is 1.79. The molecule has 27 heavy (non-hydrogen) atoms. The zero-order chi connectivity index (χ0) is 18.6. The van der Waals surface area contributed by atoms with Gasteiger partial charge in [-0.1, -0.05) is 60.7 Å². The molecule has 0 saturated carbocycles. The Hall–Kier alpha value is -2.50. The van der Waals surface area contributed by atoms with Crippen molar-refractivity contribution in [2.24, 2.45) is 5.73 Å². The van der Waals surface area contributed by atoms with Gasteiger partial charge in [-0.15, -0.1) is 11.3 Å². The molecule has 1 aliphatic rings. The van der Waals surface area contributed by atoms with Crippen LogP contribution in [0.5, 0.6) is 0 Å². The SMILES string of the molecule is N[C@@H]1CN(C(=O)c2csc(CCc3ccccc3)n2)C[C@H]1c1ccccc1. The molecule has 3 aromatic rings. The van der Waals surface area contributed by atoms with Crippen molar-refractivity contribution in [2.75, 3.05) is 13.1 Å². The molecule has 1 saturated heterocycles. The van der Waals surface area contributed by atoms with E-state index in [-0.39, 0.29) is 17.9 Å². The number of nitrogens with two attached hydrogens (primary N) is 1. The highest BCUT2D eigenvalue weighted by Crippen LogP contribution is 2.27.